The minimum atomic E-state index is 0.318. The third kappa shape index (κ3) is 5.90. The predicted octanol–water partition coefficient (Wildman–Crippen LogP) is 0.993. The first-order valence-electron chi connectivity index (χ1n) is 9.74. The molecule has 24 heavy (non-hydrogen) atoms. The molecule has 3 fully saturated rings. The number of aliphatic imine (C=N–C) groups is 1. The number of hydrogen-bond acceptors (Lipinski definition) is 4. The molecule has 3 heterocycles. The number of guanidine groups is 1. The summed E-state index contributed by atoms with van der Waals surface area (Å²) in [6.07, 6.45) is 1.33. The SMILES string of the molecule is CCNC(=NCC1CN2CCN1CC2)NCCC(OCC)C(C)C. The fourth-order valence-corrected chi connectivity index (χ4v) is 3.59. The van der Waals surface area contributed by atoms with Crippen molar-refractivity contribution >= 4 is 5.96 Å². The van der Waals surface area contributed by atoms with Crippen molar-refractivity contribution in [3.05, 3.63) is 0 Å². The van der Waals surface area contributed by atoms with Gasteiger partial charge in [-0.15, -0.1) is 0 Å². The van der Waals surface area contributed by atoms with E-state index < -0.39 is 0 Å². The molecule has 2 bridgehead atoms. The Labute approximate surface area is 148 Å². The van der Waals surface area contributed by atoms with Crippen LogP contribution in [0.3, 0.4) is 0 Å². The van der Waals surface area contributed by atoms with Crippen LogP contribution in [0.1, 0.15) is 34.1 Å². The highest BCUT2D eigenvalue weighted by molar-refractivity contribution is 5.79. The molecule has 140 valence electrons. The lowest BCUT2D eigenvalue weighted by Gasteiger charge is -2.47. The van der Waals surface area contributed by atoms with Crippen molar-refractivity contribution in [3.63, 3.8) is 0 Å². The summed E-state index contributed by atoms with van der Waals surface area (Å²) in [6, 6.07) is 0.579. The fourth-order valence-electron chi connectivity index (χ4n) is 3.59. The van der Waals surface area contributed by atoms with E-state index >= 15 is 0 Å². The van der Waals surface area contributed by atoms with Gasteiger partial charge in [0, 0.05) is 58.5 Å². The summed E-state index contributed by atoms with van der Waals surface area (Å²) in [5.41, 5.74) is 0. The van der Waals surface area contributed by atoms with Crippen LogP contribution in [-0.4, -0.2) is 86.9 Å². The topological polar surface area (TPSA) is 52.1 Å². The molecule has 3 saturated heterocycles. The molecule has 0 aromatic rings. The van der Waals surface area contributed by atoms with E-state index in [4.69, 9.17) is 9.73 Å². The van der Waals surface area contributed by atoms with Crippen molar-refractivity contribution in [2.45, 2.75) is 46.3 Å². The fraction of sp³-hybridized carbons (Fsp3) is 0.944. The van der Waals surface area contributed by atoms with Crippen molar-refractivity contribution < 1.29 is 4.74 Å². The molecule has 3 aliphatic rings. The predicted molar refractivity (Wildman–Crippen MR) is 101 cm³/mol. The van der Waals surface area contributed by atoms with Gasteiger partial charge in [-0.3, -0.25) is 14.8 Å². The largest absolute Gasteiger partial charge is 0.378 e. The highest BCUT2D eigenvalue weighted by Gasteiger charge is 2.31. The number of piperazine rings is 3. The quantitative estimate of drug-likeness (QED) is 0.485. The molecule has 3 rings (SSSR count). The number of hydrogen-bond donors (Lipinski definition) is 2. The Hall–Kier alpha value is -0.850. The highest BCUT2D eigenvalue weighted by atomic mass is 16.5. The third-order valence-corrected chi connectivity index (χ3v) is 5.04. The molecular formula is C18H37N5O. The van der Waals surface area contributed by atoms with Gasteiger partial charge in [0.15, 0.2) is 5.96 Å². The molecule has 0 amide bonds. The summed E-state index contributed by atoms with van der Waals surface area (Å²) in [5.74, 6) is 1.49. The summed E-state index contributed by atoms with van der Waals surface area (Å²) in [7, 11) is 0. The minimum Gasteiger partial charge on any atom is -0.378 e. The molecule has 0 saturated carbocycles. The normalized spacial score (nSPS) is 28.2. The van der Waals surface area contributed by atoms with E-state index in [1.165, 1.54) is 32.7 Å². The Morgan fingerprint density at radius 2 is 1.92 bits per heavy atom. The standard InChI is InChI=1S/C18H37N5O/c1-5-19-18(20-8-7-17(15(3)4)24-6-2)21-13-16-14-22-9-11-23(16)12-10-22/h15-17H,5-14H2,1-4H3,(H2,19,20,21). The van der Waals surface area contributed by atoms with Crippen molar-refractivity contribution in [1.82, 2.24) is 20.4 Å². The van der Waals surface area contributed by atoms with Crippen molar-refractivity contribution in [3.8, 4) is 0 Å². The Kier molecular flexibility index (Phi) is 8.29. The second-order valence-corrected chi connectivity index (χ2v) is 7.16. The molecule has 2 atom stereocenters. The van der Waals surface area contributed by atoms with Crippen LogP contribution in [0.15, 0.2) is 4.99 Å². The first-order chi connectivity index (χ1) is 11.6. The number of nitrogens with one attached hydrogen (secondary N) is 2. The number of nitrogens with zero attached hydrogens (tertiary/aromatic N) is 3. The summed E-state index contributed by atoms with van der Waals surface area (Å²) in [5, 5.41) is 6.84. The summed E-state index contributed by atoms with van der Waals surface area (Å²) in [4.78, 5) is 9.99. The van der Waals surface area contributed by atoms with Crippen LogP contribution in [-0.2, 0) is 4.74 Å². The molecule has 6 heteroatoms. The second kappa shape index (κ2) is 10.2. The maximum absolute atomic E-state index is 5.82. The average Bonchev–Trinajstić information content (AvgIpc) is 2.59. The molecule has 0 radical (unpaired) electrons. The molecule has 2 unspecified atom stereocenters. The van der Waals surface area contributed by atoms with Gasteiger partial charge in [0.25, 0.3) is 0 Å². The van der Waals surface area contributed by atoms with Gasteiger partial charge < -0.3 is 15.4 Å². The molecular weight excluding hydrogens is 302 g/mol. The summed E-state index contributed by atoms with van der Waals surface area (Å²) < 4.78 is 5.82. The van der Waals surface area contributed by atoms with Gasteiger partial charge in [-0.2, -0.15) is 0 Å². The van der Waals surface area contributed by atoms with Crippen LogP contribution in [0.25, 0.3) is 0 Å². The van der Waals surface area contributed by atoms with Crippen LogP contribution in [0.4, 0.5) is 0 Å². The zero-order chi connectivity index (χ0) is 17.4. The molecule has 2 N–H and O–H groups in total. The maximum Gasteiger partial charge on any atom is 0.191 e. The Bertz CT molecular complexity index is 380. The van der Waals surface area contributed by atoms with Gasteiger partial charge in [-0.05, 0) is 26.2 Å². The van der Waals surface area contributed by atoms with Gasteiger partial charge in [0.1, 0.15) is 0 Å². The van der Waals surface area contributed by atoms with E-state index in [1.807, 2.05) is 0 Å². The smallest absolute Gasteiger partial charge is 0.191 e. The van der Waals surface area contributed by atoms with Crippen LogP contribution < -0.4 is 10.6 Å². The molecule has 0 spiro atoms. The Balaban J connectivity index is 1.78. The van der Waals surface area contributed by atoms with Gasteiger partial charge in [0.2, 0.25) is 0 Å². The van der Waals surface area contributed by atoms with Crippen molar-refractivity contribution in [2.24, 2.45) is 10.9 Å². The Morgan fingerprint density at radius 3 is 2.46 bits per heavy atom. The number of fused-ring (bicyclic) bond motifs is 3. The van der Waals surface area contributed by atoms with E-state index in [9.17, 15) is 0 Å². The lowest BCUT2D eigenvalue weighted by Crippen LogP contribution is -2.62. The zero-order valence-corrected chi connectivity index (χ0v) is 16.1. The van der Waals surface area contributed by atoms with Gasteiger partial charge in [-0.25, -0.2) is 0 Å². The monoisotopic (exact) mass is 339 g/mol. The molecule has 6 nitrogen and oxygen atoms in total. The summed E-state index contributed by atoms with van der Waals surface area (Å²) >= 11 is 0. The van der Waals surface area contributed by atoms with Crippen molar-refractivity contribution in [1.29, 1.82) is 0 Å². The van der Waals surface area contributed by atoms with Gasteiger partial charge >= 0.3 is 0 Å². The van der Waals surface area contributed by atoms with Crippen LogP contribution in [0.5, 0.6) is 0 Å². The first-order valence-corrected chi connectivity index (χ1v) is 9.74. The van der Waals surface area contributed by atoms with Crippen molar-refractivity contribution in [2.75, 3.05) is 59.0 Å². The minimum absolute atomic E-state index is 0.318. The average molecular weight is 340 g/mol. The zero-order valence-electron chi connectivity index (χ0n) is 16.1. The highest BCUT2D eigenvalue weighted by Crippen LogP contribution is 2.15. The number of rotatable bonds is 9. The molecule has 0 aromatic heterocycles. The number of ether oxygens (including phenoxy) is 1. The second-order valence-electron chi connectivity index (χ2n) is 7.16. The lowest BCUT2D eigenvalue weighted by molar-refractivity contribution is 0.0174. The van der Waals surface area contributed by atoms with E-state index in [0.717, 1.165) is 38.6 Å². The van der Waals surface area contributed by atoms with E-state index in [-0.39, 0.29) is 0 Å². The van der Waals surface area contributed by atoms with E-state index in [0.29, 0.717) is 18.1 Å². The van der Waals surface area contributed by atoms with Crippen LogP contribution in [0, 0.1) is 5.92 Å². The third-order valence-electron chi connectivity index (χ3n) is 5.04. The summed E-state index contributed by atoms with van der Waals surface area (Å²) in [6.45, 7) is 18.1. The van der Waals surface area contributed by atoms with E-state index in [2.05, 4.69) is 48.1 Å². The van der Waals surface area contributed by atoms with Crippen LogP contribution >= 0.6 is 0 Å². The van der Waals surface area contributed by atoms with Gasteiger partial charge in [-0.1, -0.05) is 13.8 Å². The molecule has 0 aliphatic carbocycles. The molecule has 3 aliphatic heterocycles. The maximum atomic E-state index is 5.82. The van der Waals surface area contributed by atoms with Gasteiger partial charge in [0.05, 0.1) is 12.6 Å². The molecule has 0 aromatic carbocycles. The van der Waals surface area contributed by atoms with E-state index in [1.54, 1.807) is 0 Å². The lowest BCUT2D eigenvalue weighted by atomic mass is 10.0. The first kappa shape index (κ1) is 19.5. The van der Waals surface area contributed by atoms with Crippen LogP contribution in [0.2, 0.25) is 0 Å². The Morgan fingerprint density at radius 1 is 1.17 bits per heavy atom.